The second kappa shape index (κ2) is 4.97. The average molecular weight is 317 g/mol. The van der Waals surface area contributed by atoms with Crippen LogP contribution in [-0.2, 0) is 22.3 Å². The fourth-order valence-corrected chi connectivity index (χ4v) is 2.47. The van der Waals surface area contributed by atoms with Crippen molar-refractivity contribution in [3.05, 3.63) is 41.7 Å². The zero-order valence-electron chi connectivity index (χ0n) is 13.5. The van der Waals surface area contributed by atoms with Crippen molar-refractivity contribution in [3.8, 4) is 0 Å². The van der Waals surface area contributed by atoms with Gasteiger partial charge in [-0.15, -0.1) is 0 Å². The lowest BCUT2D eigenvalue weighted by atomic mass is 9.93. The van der Waals surface area contributed by atoms with Gasteiger partial charge in [0, 0.05) is 11.5 Å². The van der Waals surface area contributed by atoms with Gasteiger partial charge in [0.05, 0.1) is 12.8 Å². The molecule has 1 aliphatic heterocycles. The SMILES string of the molecule is CC(C)(C)c1cc(CN2C(=O)NC(C)(c3ccco3)C2=O)no1. The van der Waals surface area contributed by atoms with Crippen LogP contribution in [0.1, 0.15) is 44.9 Å². The molecule has 3 heterocycles. The van der Waals surface area contributed by atoms with Crippen molar-refractivity contribution in [1.29, 1.82) is 0 Å². The maximum Gasteiger partial charge on any atom is 0.325 e. The summed E-state index contributed by atoms with van der Waals surface area (Å²) in [7, 11) is 0. The Labute approximate surface area is 133 Å². The zero-order valence-corrected chi connectivity index (χ0v) is 13.5. The van der Waals surface area contributed by atoms with Crippen molar-refractivity contribution >= 4 is 11.9 Å². The molecule has 0 radical (unpaired) electrons. The van der Waals surface area contributed by atoms with Gasteiger partial charge in [0.25, 0.3) is 5.91 Å². The molecule has 0 saturated carbocycles. The number of hydrogen-bond donors (Lipinski definition) is 1. The van der Waals surface area contributed by atoms with Gasteiger partial charge in [0.2, 0.25) is 0 Å². The van der Waals surface area contributed by atoms with Crippen LogP contribution in [0.2, 0.25) is 0 Å². The molecular formula is C16H19N3O4. The Morgan fingerprint density at radius 2 is 2.09 bits per heavy atom. The molecule has 122 valence electrons. The van der Waals surface area contributed by atoms with Crippen molar-refractivity contribution < 1.29 is 18.5 Å². The van der Waals surface area contributed by atoms with Crippen LogP contribution in [0.4, 0.5) is 4.79 Å². The van der Waals surface area contributed by atoms with E-state index >= 15 is 0 Å². The second-order valence-electron chi connectivity index (χ2n) is 6.86. The first-order chi connectivity index (χ1) is 10.7. The van der Waals surface area contributed by atoms with Gasteiger partial charge < -0.3 is 14.3 Å². The maximum atomic E-state index is 12.7. The summed E-state index contributed by atoms with van der Waals surface area (Å²) in [5.74, 6) is 0.722. The monoisotopic (exact) mass is 317 g/mol. The van der Waals surface area contributed by atoms with E-state index in [-0.39, 0.29) is 17.9 Å². The van der Waals surface area contributed by atoms with Gasteiger partial charge in [-0.3, -0.25) is 9.69 Å². The third kappa shape index (κ3) is 2.52. The highest BCUT2D eigenvalue weighted by atomic mass is 16.5. The molecule has 7 heteroatoms. The van der Waals surface area contributed by atoms with Crippen molar-refractivity contribution in [2.75, 3.05) is 0 Å². The lowest BCUT2D eigenvalue weighted by Crippen LogP contribution is -2.40. The number of amides is 3. The molecule has 1 saturated heterocycles. The first-order valence-corrected chi connectivity index (χ1v) is 7.36. The Kier molecular flexibility index (Phi) is 3.31. The lowest BCUT2D eigenvalue weighted by molar-refractivity contribution is -0.132. The fourth-order valence-electron chi connectivity index (χ4n) is 2.47. The Morgan fingerprint density at radius 3 is 2.65 bits per heavy atom. The molecule has 1 N–H and O–H groups in total. The number of nitrogens with zero attached hydrogens (tertiary/aromatic N) is 2. The van der Waals surface area contributed by atoms with Crippen LogP contribution in [0.3, 0.4) is 0 Å². The van der Waals surface area contributed by atoms with Crippen molar-refractivity contribution in [1.82, 2.24) is 15.4 Å². The summed E-state index contributed by atoms with van der Waals surface area (Å²) in [6.45, 7) is 7.67. The highest BCUT2D eigenvalue weighted by molar-refractivity contribution is 6.06. The first-order valence-electron chi connectivity index (χ1n) is 7.36. The third-order valence-electron chi connectivity index (χ3n) is 3.91. The highest BCUT2D eigenvalue weighted by Crippen LogP contribution is 2.30. The van der Waals surface area contributed by atoms with Crippen LogP contribution in [0.15, 0.2) is 33.4 Å². The van der Waals surface area contributed by atoms with Crippen LogP contribution in [0.5, 0.6) is 0 Å². The summed E-state index contributed by atoms with van der Waals surface area (Å²) < 4.78 is 10.6. The number of rotatable bonds is 3. The van der Waals surface area contributed by atoms with Crippen LogP contribution in [0.25, 0.3) is 0 Å². The highest BCUT2D eigenvalue weighted by Gasteiger charge is 2.51. The quantitative estimate of drug-likeness (QED) is 0.879. The normalized spacial score (nSPS) is 21.8. The van der Waals surface area contributed by atoms with Crippen molar-refractivity contribution in [2.45, 2.75) is 45.2 Å². The maximum absolute atomic E-state index is 12.7. The fraction of sp³-hybridized carbons (Fsp3) is 0.438. The summed E-state index contributed by atoms with van der Waals surface area (Å²) in [6, 6.07) is 4.63. The van der Waals surface area contributed by atoms with Gasteiger partial charge in [0.1, 0.15) is 17.2 Å². The van der Waals surface area contributed by atoms with Crippen molar-refractivity contribution in [2.24, 2.45) is 0 Å². The Hall–Kier alpha value is -2.57. The van der Waals surface area contributed by atoms with Crippen molar-refractivity contribution in [3.63, 3.8) is 0 Å². The summed E-state index contributed by atoms with van der Waals surface area (Å²) in [5.41, 5.74) is -0.857. The number of carbonyl (C=O) groups is 2. The van der Waals surface area contributed by atoms with E-state index in [0.717, 1.165) is 4.90 Å². The van der Waals surface area contributed by atoms with E-state index in [1.54, 1.807) is 25.1 Å². The lowest BCUT2D eigenvalue weighted by Gasteiger charge is -2.18. The van der Waals surface area contributed by atoms with E-state index in [1.807, 2.05) is 20.8 Å². The predicted octanol–water partition coefficient (Wildman–Crippen LogP) is 2.53. The first kappa shape index (κ1) is 15.3. The minimum Gasteiger partial charge on any atom is -0.466 e. The van der Waals surface area contributed by atoms with Gasteiger partial charge in [0.15, 0.2) is 5.54 Å². The van der Waals surface area contributed by atoms with Crippen LogP contribution in [-0.4, -0.2) is 22.0 Å². The summed E-state index contributed by atoms with van der Waals surface area (Å²) >= 11 is 0. The molecule has 2 aromatic rings. The molecule has 0 bridgehead atoms. The van der Waals surface area contributed by atoms with Gasteiger partial charge in [-0.05, 0) is 19.1 Å². The second-order valence-corrected chi connectivity index (χ2v) is 6.86. The van der Waals surface area contributed by atoms with E-state index in [2.05, 4.69) is 10.5 Å². The molecule has 3 rings (SSSR count). The predicted molar refractivity (Wildman–Crippen MR) is 80.3 cm³/mol. The molecule has 7 nitrogen and oxygen atoms in total. The average Bonchev–Trinajstić information content (AvgIpc) is 3.16. The molecule has 1 atom stereocenters. The topological polar surface area (TPSA) is 88.6 Å². The number of furan rings is 1. The molecule has 1 unspecified atom stereocenters. The van der Waals surface area contributed by atoms with E-state index < -0.39 is 11.6 Å². The van der Waals surface area contributed by atoms with Gasteiger partial charge in [-0.25, -0.2) is 4.79 Å². The number of hydrogen-bond acceptors (Lipinski definition) is 5. The Bertz CT molecular complexity index is 742. The van der Waals surface area contributed by atoms with Crippen LogP contribution < -0.4 is 5.32 Å². The summed E-state index contributed by atoms with van der Waals surface area (Å²) in [6.07, 6.45) is 1.47. The molecule has 2 aromatic heterocycles. The number of aromatic nitrogens is 1. The molecule has 1 fully saturated rings. The third-order valence-corrected chi connectivity index (χ3v) is 3.91. The largest absolute Gasteiger partial charge is 0.466 e. The minimum absolute atomic E-state index is 0.0561. The van der Waals surface area contributed by atoms with Crippen LogP contribution in [0, 0.1) is 0 Å². The number of urea groups is 1. The minimum atomic E-state index is -1.20. The summed E-state index contributed by atoms with van der Waals surface area (Å²) in [4.78, 5) is 26.0. The number of carbonyl (C=O) groups excluding carboxylic acids is 2. The molecule has 0 aliphatic carbocycles. The van der Waals surface area contributed by atoms with E-state index in [0.29, 0.717) is 17.2 Å². The van der Waals surface area contributed by atoms with Gasteiger partial charge >= 0.3 is 6.03 Å². The van der Waals surface area contributed by atoms with E-state index in [4.69, 9.17) is 8.94 Å². The van der Waals surface area contributed by atoms with E-state index in [1.165, 1.54) is 6.26 Å². The van der Waals surface area contributed by atoms with Gasteiger partial charge in [-0.2, -0.15) is 0 Å². The van der Waals surface area contributed by atoms with E-state index in [9.17, 15) is 9.59 Å². The molecular weight excluding hydrogens is 298 g/mol. The Balaban J connectivity index is 1.83. The molecule has 0 aromatic carbocycles. The standard InChI is InChI=1S/C16H19N3O4/c1-15(2,3)12-8-10(18-23-12)9-19-13(20)16(4,17-14(19)21)11-6-5-7-22-11/h5-8H,9H2,1-4H3,(H,17,21). The molecule has 3 amide bonds. The van der Waals surface area contributed by atoms with Gasteiger partial charge in [-0.1, -0.05) is 25.9 Å². The molecule has 23 heavy (non-hydrogen) atoms. The summed E-state index contributed by atoms with van der Waals surface area (Å²) in [5, 5.41) is 6.63. The molecule has 0 spiro atoms. The Morgan fingerprint density at radius 1 is 1.35 bits per heavy atom. The smallest absolute Gasteiger partial charge is 0.325 e. The number of nitrogens with one attached hydrogen (secondary N) is 1. The van der Waals surface area contributed by atoms with Crippen LogP contribution >= 0.6 is 0 Å². The zero-order chi connectivity index (χ0) is 16.8. The number of imide groups is 1. The molecule has 1 aliphatic rings.